The fourth-order valence-electron chi connectivity index (χ4n) is 2.43. The van der Waals surface area contributed by atoms with Crippen LogP contribution >= 0.6 is 0 Å². The van der Waals surface area contributed by atoms with Gasteiger partial charge in [0.05, 0.1) is 6.54 Å². The highest BCUT2D eigenvalue weighted by Crippen LogP contribution is 2.30. The Hall–Kier alpha value is -2.17. The number of fused-ring (bicyclic) bond motifs is 1. The molecule has 5 heteroatoms. The van der Waals surface area contributed by atoms with Gasteiger partial charge in [-0.1, -0.05) is 0 Å². The first-order chi connectivity index (χ1) is 9.02. The third-order valence-corrected chi connectivity index (χ3v) is 3.31. The first-order valence-corrected chi connectivity index (χ1v) is 6.10. The van der Waals surface area contributed by atoms with E-state index in [-0.39, 0.29) is 18.9 Å². The van der Waals surface area contributed by atoms with Crippen LogP contribution in [0.3, 0.4) is 0 Å². The largest absolute Gasteiger partial charge is 0.480 e. The maximum atomic E-state index is 11.6. The number of hydrogen-bond acceptors (Lipinski definition) is 4. The van der Waals surface area contributed by atoms with Crippen molar-refractivity contribution < 1.29 is 19.5 Å². The van der Waals surface area contributed by atoms with Crippen LogP contribution in [-0.4, -0.2) is 36.2 Å². The molecule has 0 saturated carbocycles. The van der Waals surface area contributed by atoms with Gasteiger partial charge in [-0.3, -0.25) is 9.59 Å². The Morgan fingerprint density at radius 1 is 1.42 bits per heavy atom. The molecule has 0 unspecified atom stereocenters. The molecule has 19 heavy (non-hydrogen) atoms. The van der Waals surface area contributed by atoms with Gasteiger partial charge in [0, 0.05) is 17.7 Å². The lowest BCUT2D eigenvalue weighted by atomic mass is 10.0. The fourth-order valence-corrected chi connectivity index (χ4v) is 2.43. The van der Waals surface area contributed by atoms with Crippen LogP contribution < -0.4 is 4.90 Å². The van der Waals surface area contributed by atoms with Crippen LogP contribution in [-0.2, 0) is 16.0 Å². The SMILES string of the molecule is Cc1cc2c(cc1N(CC=O)CC(=O)O)CCC2=O. The first kappa shape index (κ1) is 13.3. The molecule has 0 amide bonds. The molecule has 5 nitrogen and oxygen atoms in total. The molecule has 1 aromatic carbocycles. The van der Waals surface area contributed by atoms with Crippen molar-refractivity contribution in [1.82, 2.24) is 0 Å². The van der Waals surface area contributed by atoms with E-state index in [2.05, 4.69) is 0 Å². The number of benzene rings is 1. The van der Waals surface area contributed by atoms with E-state index in [4.69, 9.17) is 5.11 Å². The summed E-state index contributed by atoms with van der Waals surface area (Å²) in [6.45, 7) is 1.62. The quantitative estimate of drug-likeness (QED) is 0.806. The number of nitrogens with zero attached hydrogens (tertiary/aromatic N) is 1. The molecule has 0 bridgehead atoms. The number of aliphatic carboxylic acids is 1. The van der Waals surface area contributed by atoms with Gasteiger partial charge in [0.2, 0.25) is 0 Å². The Balaban J connectivity index is 2.40. The van der Waals surface area contributed by atoms with Gasteiger partial charge in [-0.25, -0.2) is 0 Å². The molecule has 2 rings (SSSR count). The molecule has 0 radical (unpaired) electrons. The monoisotopic (exact) mass is 261 g/mol. The molecule has 0 atom stereocenters. The predicted molar refractivity (Wildman–Crippen MR) is 69.7 cm³/mol. The highest BCUT2D eigenvalue weighted by molar-refractivity contribution is 6.01. The van der Waals surface area contributed by atoms with Gasteiger partial charge in [0.1, 0.15) is 12.8 Å². The van der Waals surface area contributed by atoms with Gasteiger partial charge in [0.25, 0.3) is 0 Å². The van der Waals surface area contributed by atoms with Crippen molar-refractivity contribution in [2.75, 3.05) is 18.0 Å². The molecule has 0 aliphatic heterocycles. The van der Waals surface area contributed by atoms with E-state index >= 15 is 0 Å². The number of carbonyl (C=O) groups excluding carboxylic acids is 2. The van der Waals surface area contributed by atoms with Crippen molar-refractivity contribution >= 4 is 23.7 Å². The summed E-state index contributed by atoms with van der Waals surface area (Å²) in [5.74, 6) is -0.859. The highest BCUT2D eigenvalue weighted by atomic mass is 16.4. The zero-order valence-electron chi connectivity index (χ0n) is 10.7. The number of hydrogen-bond donors (Lipinski definition) is 1. The van der Waals surface area contributed by atoms with E-state index in [0.717, 1.165) is 16.7 Å². The third kappa shape index (κ3) is 2.65. The zero-order chi connectivity index (χ0) is 14.0. The molecule has 1 aromatic rings. The van der Waals surface area contributed by atoms with Crippen molar-refractivity contribution in [1.29, 1.82) is 0 Å². The van der Waals surface area contributed by atoms with Crippen molar-refractivity contribution in [3.8, 4) is 0 Å². The number of carbonyl (C=O) groups is 3. The number of Topliss-reactive ketones (excluding diaryl/α,β-unsaturated/α-hetero) is 1. The average Bonchev–Trinajstić information content (AvgIpc) is 2.69. The molecule has 0 saturated heterocycles. The second-order valence-corrected chi connectivity index (χ2v) is 4.66. The number of carboxylic acid groups (broad SMARTS) is 1. The summed E-state index contributed by atoms with van der Waals surface area (Å²) in [6, 6.07) is 3.63. The van der Waals surface area contributed by atoms with Gasteiger partial charge >= 0.3 is 5.97 Å². The fraction of sp³-hybridized carbons (Fsp3) is 0.357. The van der Waals surface area contributed by atoms with E-state index in [1.54, 1.807) is 6.07 Å². The third-order valence-electron chi connectivity index (χ3n) is 3.31. The van der Waals surface area contributed by atoms with Crippen LogP contribution in [0.4, 0.5) is 5.69 Å². The lowest BCUT2D eigenvalue weighted by Crippen LogP contribution is -2.32. The van der Waals surface area contributed by atoms with Crippen LogP contribution in [0, 0.1) is 6.92 Å². The number of ketones is 1. The second kappa shape index (κ2) is 5.22. The van der Waals surface area contributed by atoms with Gasteiger partial charge < -0.3 is 14.8 Å². The minimum absolute atomic E-state index is 0.0277. The summed E-state index contributed by atoms with van der Waals surface area (Å²) >= 11 is 0. The average molecular weight is 261 g/mol. The molecular weight excluding hydrogens is 246 g/mol. The van der Waals surface area contributed by atoms with Crippen molar-refractivity contribution in [2.45, 2.75) is 19.8 Å². The molecule has 1 N–H and O–H groups in total. The molecular formula is C14H15NO4. The molecule has 0 heterocycles. The van der Waals surface area contributed by atoms with Gasteiger partial charge in [-0.05, 0) is 36.6 Å². The smallest absolute Gasteiger partial charge is 0.323 e. The van der Waals surface area contributed by atoms with Crippen LogP contribution in [0.1, 0.15) is 27.9 Å². The standard InChI is InChI=1S/C14H15NO4/c1-9-6-11-10(2-3-13(11)17)7-12(9)15(4-5-16)8-14(18)19/h5-7H,2-4,8H2,1H3,(H,18,19). The van der Waals surface area contributed by atoms with Gasteiger partial charge in [-0.2, -0.15) is 0 Å². The Bertz CT molecular complexity index is 551. The molecule has 1 aliphatic rings. The van der Waals surface area contributed by atoms with Crippen LogP contribution in [0.5, 0.6) is 0 Å². The second-order valence-electron chi connectivity index (χ2n) is 4.66. The number of carboxylic acids is 1. The van der Waals surface area contributed by atoms with Gasteiger partial charge in [-0.15, -0.1) is 0 Å². The summed E-state index contributed by atoms with van der Waals surface area (Å²) in [4.78, 5) is 34.7. The van der Waals surface area contributed by atoms with Crippen LogP contribution in [0.25, 0.3) is 0 Å². The van der Waals surface area contributed by atoms with E-state index in [1.807, 2.05) is 13.0 Å². The maximum Gasteiger partial charge on any atom is 0.323 e. The summed E-state index contributed by atoms with van der Waals surface area (Å²) in [6.07, 6.45) is 1.87. The summed E-state index contributed by atoms with van der Waals surface area (Å²) < 4.78 is 0. The normalized spacial score (nSPS) is 13.2. The first-order valence-electron chi connectivity index (χ1n) is 6.10. The Morgan fingerprint density at radius 2 is 2.16 bits per heavy atom. The van der Waals surface area contributed by atoms with E-state index < -0.39 is 5.97 Å². The lowest BCUT2D eigenvalue weighted by Gasteiger charge is -2.23. The van der Waals surface area contributed by atoms with Gasteiger partial charge in [0.15, 0.2) is 5.78 Å². The highest BCUT2D eigenvalue weighted by Gasteiger charge is 2.22. The predicted octanol–water partition coefficient (Wildman–Crippen LogP) is 1.21. The van der Waals surface area contributed by atoms with Crippen LogP contribution in [0.2, 0.25) is 0 Å². The summed E-state index contributed by atoms with van der Waals surface area (Å²) in [5.41, 5.74) is 3.19. The summed E-state index contributed by atoms with van der Waals surface area (Å²) in [5, 5.41) is 8.89. The van der Waals surface area contributed by atoms with Crippen LogP contribution in [0.15, 0.2) is 12.1 Å². The van der Waals surface area contributed by atoms with Crippen molar-refractivity contribution in [2.24, 2.45) is 0 Å². The van der Waals surface area contributed by atoms with Crippen molar-refractivity contribution in [3.05, 3.63) is 28.8 Å². The Morgan fingerprint density at radius 3 is 2.79 bits per heavy atom. The van der Waals surface area contributed by atoms with E-state index in [1.165, 1.54) is 4.90 Å². The molecule has 0 aromatic heterocycles. The molecule has 1 aliphatic carbocycles. The maximum absolute atomic E-state index is 11.6. The van der Waals surface area contributed by atoms with E-state index in [9.17, 15) is 14.4 Å². The number of anilines is 1. The molecule has 0 fully saturated rings. The number of aldehydes is 1. The topological polar surface area (TPSA) is 74.7 Å². The zero-order valence-corrected chi connectivity index (χ0v) is 10.7. The Kier molecular flexibility index (Phi) is 3.64. The minimum Gasteiger partial charge on any atom is -0.480 e. The summed E-state index contributed by atoms with van der Waals surface area (Å²) in [7, 11) is 0. The lowest BCUT2D eigenvalue weighted by molar-refractivity contribution is -0.135. The minimum atomic E-state index is -0.988. The number of rotatable bonds is 5. The number of aryl methyl sites for hydroxylation is 2. The van der Waals surface area contributed by atoms with Crippen molar-refractivity contribution in [3.63, 3.8) is 0 Å². The van der Waals surface area contributed by atoms with E-state index in [0.29, 0.717) is 24.8 Å². The Labute approximate surface area is 110 Å². The molecule has 0 spiro atoms. The molecule has 100 valence electrons.